The zero-order valence-corrected chi connectivity index (χ0v) is 13.7. The summed E-state index contributed by atoms with van der Waals surface area (Å²) >= 11 is 0. The Hall–Kier alpha value is -1.92. The first-order valence-corrected chi connectivity index (χ1v) is 9.31. The van der Waals surface area contributed by atoms with E-state index >= 15 is 0 Å². The minimum Gasteiger partial charge on any atom is -0.313 e. The fourth-order valence-corrected chi connectivity index (χ4v) is 5.15. The lowest BCUT2D eigenvalue weighted by Gasteiger charge is -2.20. The molecule has 0 amide bonds. The first kappa shape index (κ1) is 16.5. The summed E-state index contributed by atoms with van der Waals surface area (Å²) in [4.78, 5) is 12.5. The molecule has 2 rings (SSSR count). The molecule has 0 saturated heterocycles. The largest absolute Gasteiger partial charge is 0.313 e. The molecule has 0 aliphatic carbocycles. The monoisotopic (exact) mass is 312 g/mol. The number of hydrogen-bond donors (Lipinski definition) is 0. The highest BCUT2D eigenvalue weighted by Crippen LogP contribution is 2.43. The van der Waals surface area contributed by atoms with Gasteiger partial charge in [-0.1, -0.05) is 73.7 Å². The molecule has 0 radical (unpaired) electrons. The van der Waals surface area contributed by atoms with Gasteiger partial charge in [0.05, 0.1) is 6.16 Å². The fourth-order valence-electron chi connectivity index (χ4n) is 2.43. The van der Waals surface area contributed by atoms with Crippen molar-refractivity contribution < 1.29 is 9.36 Å². The molecular formula is C19H21O2P. The summed E-state index contributed by atoms with van der Waals surface area (Å²) in [6.07, 6.45) is 2.41. The Balaban J connectivity index is 2.42. The highest BCUT2D eigenvalue weighted by molar-refractivity contribution is 7.79. The van der Waals surface area contributed by atoms with Crippen molar-refractivity contribution in [2.75, 3.05) is 6.16 Å². The summed E-state index contributed by atoms with van der Waals surface area (Å²) in [5.74, 6) is -0.130. The molecule has 0 aliphatic rings. The first-order valence-electron chi connectivity index (χ1n) is 7.42. The van der Waals surface area contributed by atoms with Crippen molar-refractivity contribution in [1.29, 1.82) is 0 Å². The maximum Gasteiger partial charge on any atom is 0.150 e. The van der Waals surface area contributed by atoms with Crippen LogP contribution >= 0.6 is 7.14 Å². The third-order valence-electron chi connectivity index (χ3n) is 3.79. The number of benzene rings is 2. The van der Waals surface area contributed by atoms with Gasteiger partial charge in [0, 0.05) is 16.5 Å². The molecular weight excluding hydrogens is 291 g/mol. The number of Topliss-reactive ketones (excluding diaryl/α,β-unsaturated/α-hetero) is 1. The third-order valence-corrected chi connectivity index (χ3v) is 6.82. The minimum atomic E-state index is -2.94. The number of allylic oxidation sites excluding steroid dienone is 1. The van der Waals surface area contributed by atoms with Crippen LogP contribution in [0.25, 0.3) is 0 Å². The van der Waals surface area contributed by atoms with Gasteiger partial charge in [0.1, 0.15) is 12.9 Å². The summed E-state index contributed by atoms with van der Waals surface area (Å²) in [6, 6.07) is 18.6. The Bertz CT molecular complexity index is 634. The molecule has 2 nitrogen and oxygen atoms in total. The van der Waals surface area contributed by atoms with Crippen LogP contribution in [0.3, 0.4) is 0 Å². The van der Waals surface area contributed by atoms with Crippen molar-refractivity contribution >= 4 is 23.5 Å². The molecule has 3 heteroatoms. The second kappa shape index (κ2) is 7.38. The molecule has 1 unspecified atom stereocenters. The number of carbonyl (C=O) groups excluding carboxylic acids is 1. The van der Waals surface area contributed by atoms with Gasteiger partial charge in [-0.25, -0.2) is 0 Å². The Kier molecular flexibility index (Phi) is 5.51. The van der Waals surface area contributed by atoms with Gasteiger partial charge in [-0.05, 0) is 6.42 Å². The van der Waals surface area contributed by atoms with E-state index in [2.05, 4.69) is 6.58 Å². The summed E-state index contributed by atoms with van der Waals surface area (Å²) < 4.78 is 13.7. The van der Waals surface area contributed by atoms with Crippen molar-refractivity contribution in [1.82, 2.24) is 0 Å². The van der Waals surface area contributed by atoms with E-state index < -0.39 is 7.14 Å². The predicted molar refractivity (Wildman–Crippen MR) is 93.6 cm³/mol. The molecule has 0 spiro atoms. The van der Waals surface area contributed by atoms with Crippen LogP contribution in [0.1, 0.15) is 13.3 Å². The van der Waals surface area contributed by atoms with Crippen LogP contribution in [0.2, 0.25) is 0 Å². The highest BCUT2D eigenvalue weighted by Gasteiger charge is 2.31. The Morgan fingerprint density at radius 3 is 1.91 bits per heavy atom. The fraction of sp³-hybridized carbons (Fsp3) is 0.211. The van der Waals surface area contributed by atoms with Gasteiger partial charge in [-0.15, -0.1) is 6.58 Å². The number of hydrogen-bond acceptors (Lipinski definition) is 2. The molecule has 2 aromatic carbocycles. The maximum atomic E-state index is 13.7. The van der Waals surface area contributed by atoms with Crippen LogP contribution in [0.4, 0.5) is 0 Å². The molecule has 0 fully saturated rings. The van der Waals surface area contributed by atoms with E-state index in [1.165, 1.54) is 0 Å². The van der Waals surface area contributed by atoms with Crippen LogP contribution in [0.5, 0.6) is 0 Å². The topological polar surface area (TPSA) is 34.1 Å². The Morgan fingerprint density at radius 2 is 1.50 bits per heavy atom. The SMILES string of the molecule is C=CCC(C)C(=O)CP(=O)(c1ccccc1)c1ccccc1. The summed E-state index contributed by atoms with van der Waals surface area (Å²) in [5.41, 5.74) is 0. The Morgan fingerprint density at radius 1 is 1.05 bits per heavy atom. The van der Waals surface area contributed by atoms with E-state index in [0.29, 0.717) is 6.42 Å². The zero-order valence-electron chi connectivity index (χ0n) is 12.8. The molecule has 114 valence electrons. The van der Waals surface area contributed by atoms with Gasteiger partial charge in [0.25, 0.3) is 0 Å². The average molecular weight is 312 g/mol. The van der Waals surface area contributed by atoms with Crippen molar-refractivity contribution in [2.45, 2.75) is 13.3 Å². The molecule has 1 atom stereocenters. The second-order valence-corrected chi connectivity index (χ2v) is 8.29. The second-order valence-electron chi connectivity index (χ2n) is 5.46. The molecule has 2 aromatic rings. The smallest absolute Gasteiger partial charge is 0.150 e. The third kappa shape index (κ3) is 3.64. The summed E-state index contributed by atoms with van der Waals surface area (Å²) in [6.45, 7) is 5.54. The molecule has 22 heavy (non-hydrogen) atoms. The zero-order chi connectivity index (χ0) is 16.0. The molecule has 0 saturated carbocycles. The number of carbonyl (C=O) groups is 1. The molecule has 0 N–H and O–H groups in total. The average Bonchev–Trinajstić information content (AvgIpc) is 2.56. The quantitative estimate of drug-likeness (QED) is 0.576. The minimum absolute atomic E-state index is 0.0240. The highest BCUT2D eigenvalue weighted by atomic mass is 31.2. The molecule has 0 bridgehead atoms. The lowest BCUT2D eigenvalue weighted by molar-refractivity contribution is -0.119. The van der Waals surface area contributed by atoms with Crippen molar-refractivity contribution in [2.24, 2.45) is 5.92 Å². The van der Waals surface area contributed by atoms with Crippen LogP contribution < -0.4 is 10.6 Å². The van der Waals surface area contributed by atoms with E-state index in [1.807, 2.05) is 67.6 Å². The van der Waals surface area contributed by atoms with E-state index in [4.69, 9.17) is 0 Å². The number of ketones is 1. The summed E-state index contributed by atoms with van der Waals surface area (Å²) in [7, 11) is -2.94. The lowest BCUT2D eigenvalue weighted by Crippen LogP contribution is -2.25. The number of rotatable bonds is 7. The van der Waals surface area contributed by atoms with Crippen molar-refractivity contribution in [3.8, 4) is 0 Å². The van der Waals surface area contributed by atoms with Gasteiger partial charge in [-0.3, -0.25) is 4.79 Å². The molecule has 0 aromatic heterocycles. The van der Waals surface area contributed by atoms with E-state index in [9.17, 15) is 9.36 Å². The summed E-state index contributed by atoms with van der Waals surface area (Å²) in [5, 5.41) is 1.47. The van der Waals surface area contributed by atoms with Gasteiger partial charge in [0.2, 0.25) is 0 Å². The van der Waals surface area contributed by atoms with Gasteiger partial charge in [0.15, 0.2) is 0 Å². The van der Waals surface area contributed by atoms with Crippen molar-refractivity contribution in [3.05, 3.63) is 73.3 Å². The lowest BCUT2D eigenvalue weighted by atomic mass is 10.0. The first-order chi connectivity index (χ1) is 10.6. The van der Waals surface area contributed by atoms with Crippen molar-refractivity contribution in [3.63, 3.8) is 0 Å². The Labute approximate surface area is 132 Å². The van der Waals surface area contributed by atoms with Crippen LogP contribution in [-0.2, 0) is 9.36 Å². The van der Waals surface area contributed by atoms with Gasteiger partial charge in [-0.2, -0.15) is 0 Å². The molecule has 0 aliphatic heterocycles. The van der Waals surface area contributed by atoms with E-state index in [-0.39, 0.29) is 17.9 Å². The van der Waals surface area contributed by atoms with Gasteiger partial charge >= 0.3 is 0 Å². The van der Waals surface area contributed by atoms with E-state index in [0.717, 1.165) is 10.6 Å². The predicted octanol–water partition coefficient (Wildman–Crippen LogP) is 3.78. The van der Waals surface area contributed by atoms with Crippen LogP contribution in [0.15, 0.2) is 73.3 Å². The molecule has 0 heterocycles. The van der Waals surface area contributed by atoms with Crippen LogP contribution in [0, 0.1) is 5.92 Å². The van der Waals surface area contributed by atoms with Gasteiger partial charge < -0.3 is 4.57 Å². The van der Waals surface area contributed by atoms with Crippen LogP contribution in [-0.4, -0.2) is 11.9 Å². The normalized spacial score (nSPS) is 12.6. The maximum absolute atomic E-state index is 13.7. The standard InChI is InChI=1S/C19H21O2P/c1-3-10-16(2)19(20)15-22(21,17-11-6-4-7-12-17)18-13-8-5-9-14-18/h3-9,11-14,16H,1,10,15H2,2H3. The van der Waals surface area contributed by atoms with E-state index in [1.54, 1.807) is 6.08 Å².